The van der Waals surface area contributed by atoms with Crippen molar-refractivity contribution >= 4 is 11.8 Å². The van der Waals surface area contributed by atoms with Crippen LogP contribution in [0.1, 0.15) is 12.8 Å². The third-order valence-electron chi connectivity index (χ3n) is 3.08. The topological polar surface area (TPSA) is 50.4 Å². The van der Waals surface area contributed by atoms with Crippen LogP contribution in [-0.4, -0.2) is 25.8 Å². The molecule has 2 N–H and O–H groups in total. The lowest BCUT2D eigenvalue weighted by molar-refractivity contribution is 0.130. The number of halogens is 2. The van der Waals surface area contributed by atoms with E-state index in [1.54, 1.807) is 0 Å². The summed E-state index contributed by atoms with van der Waals surface area (Å²) >= 11 is 0. The standard InChI is InChI=1S/C13H16F2N2O2/c14-10-1-2-12(11(15)7-10)17-13(18)19-8-9-3-5-16-6-4-9/h1-2,7,9,16H,3-6,8H2,(H,17,18). The summed E-state index contributed by atoms with van der Waals surface area (Å²) in [5.41, 5.74) is -0.0864. The van der Waals surface area contributed by atoms with Crippen molar-refractivity contribution in [2.75, 3.05) is 25.0 Å². The summed E-state index contributed by atoms with van der Waals surface area (Å²) in [4.78, 5) is 11.5. The number of piperidine rings is 1. The van der Waals surface area contributed by atoms with E-state index in [-0.39, 0.29) is 5.69 Å². The van der Waals surface area contributed by atoms with Gasteiger partial charge in [0.1, 0.15) is 11.6 Å². The molecule has 1 saturated heterocycles. The molecule has 0 saturated carbocycles. The minimum Gasteiger partial charge on any atom is -0.449 e. The van der Waals surface area contributed by atoms with Gasteiger partial charge in [-0.3, -0.25) is 5.32 Å². The zero-order chi connectivity index (χ0) is 13.7. The second-order valence-electron chi connectivity index (χ2n) is 4.54. The highest BCUT2D eigenvalue weighted by atomic mass is 19.1. The first-order valence-electron chi connectivity index (χ1n) is 6.24. The number of rotatable bonds is 3. The summed E-state index contributed by atoms with van der Waals surface area (Å²) in [5, 5.41) is 5.47. The SMILES string of the molecule is O=C(Nc1ccc(F)cc1F)OCC1CCNCC1. The summed E-state index contributed by atoms with van der Waals surface area (Å²) in [6.45, 7) is 2.15. The minimum absolute atomic E-state index is 0.0864. The lowest BCUT2D eigenvalue weighted by Crippen LogP contribution is -2.31. The Morgan fingerprint density at radius 3 is 2.79 bits per heavy atom. The predicted molar refractivity (Wildman–Crippen MR) is 66.9 cm³/mol. The van der Waals surface area contributed by atoms with Gasteiger partial charge in [0, 0.05) is 6.07 Å². The molecule has 0 spiro atoms. The molecule has 6 heteroatoms. The fourth-order valence-electron chi connectivity index (χ4n) is 1.98. The number of ether oxygens (including phenoxy) is 1. The predicted octanol–water partition coefficient (Wildman–Crippen LogP) is 2.51. The molecule has 1 aliphatic rings. The fourth-order valence-corrected chi connectivity index (χ4v) is 1.98. The highest BCUT2D eigenvalue weighted by molar-refractivity contribution is 5.84. The first kappa shape index (κ1) is 13.7. The summed E-state index contributed by atoms with van der Waals surface area (Å²) in [6.07, 6.45) is 1.19. The molecule has 104 valence electrons. The van der Waals surface area contributed by atoms with E-state index in [0.29, 0.717) is 18.6 Å². The maximum absolute atomic E-state index is 13.3. The summed E-state index contributed by atoms with van der Waals surface area (Å²) in [7, 11) is 0. The molecule has 0 atom stereocenters. The van der Waals surface area contributed by atoms with Crippen LogP contribution in [0.4, 0.5) is 19.3 Å². The zero-order valence-corrected chi connectivity index (χ0v) is 10.4. The van der Waals surface area contributed by atoms with E-state index in [4.69, 9.17) is 4.74 Å². The van der Waals surface area contributed by atoms with Crippen LogP contribution < -0.4 is 10.6 Å². The van der Waals surface area contributed by atoms with Crippen molar-refractivity contribution < 1.29 is 18.3 Å². The van der Waals surface area contributed by atoms with Gasteiger partial charge in [0.05, 0.1) is 12.3 Å². The van der Waals surface area contributed by atoms with Crippen LogP contribution in [0.15, 0.2) is 18.2 Å². The van der Waals surface area contributed by atoms with Crippen LogP contribution in [0.3, 0.4) is 0 Å². The Hall–Kier alpha value is -1.69. The van der Waals surface area contributed by atoms with Gasteiger partial charge in [-0.15, -0.1) is 0 Å². The third kappa shape index (κ3) is 4.17. The van der Waals surface area contributed by atoms with Crippen LogP contribution in [0.2, 0.25) is 0 Å². The van der Waals surface area contributed by atoms with Gasteiger partial charge in [0.15, 0.2) is 0 Å². The van der Waals surface area contributed by atoms with Gasteiger partial charge in [0.2, 0.25) is 0 Å². The lowest BCUT2D eigenvalue weighted by atomic mass is 9.99. The van der Waals surface area contributed by atoms with E-state index < -0.39 is 17.7 Å². The Morgan fingerprint density at radius 2 is 2.11 bits per heavy atom. The number of benzene rings is 1. The number of hydrogen-bond acceptors (Lipinski definition) is 3. The number of nitrogens with one attached hydrogen (secondary N) is 2. The highest BCUT2D eigenvalue weighted by Gasteiger charge is 2.15. The molecule has 0 aromatic heterocycles. The van der Waals surface area contributed by atoms with Crippen molar-refractivity contribution in [2.24, 2.45) is 5.92 Å². The second kappa shape index (κ2) is 6.47. The Labute approximate surface area is 110 Å². The van der Waals surface area contributed by atoms with Gasteiger partial charge in [-0.05, 0) is 44.0 Å². The van der Waals surface area contributed by atoms with E-state index in [9.17, 15) is 13.6 Å². The van der Waals surface area contributed by atoms with Gasteiger partial charge in [-0.25, -0.2) is 13.6 Å². The molecule has 0 radical (unpaired) electrons. The van der Waals surface area contributed by atoms with Gasteiger partial charge < -0.3 is 10.1 Å². The van der Waals surface area contributed by atoms with Crippen LogP contribution >= 0.6 is 0 Å². The molecule has 0 aliphatic carbocycles. The molecule has 0 bridgehead atoms. The third-order valence-corrected chi connectivity index (χ3v) is 3.08. The monoisotopic (exact) mass is 270 g/mol. The van der Waals surface area contributed by atoms with Crippen LogP contribution in [0.5, 0.6) is 0 Å². The molecule has 2 rings (SSSR count). The van der Waals surface area contributed by atoms with Crippen molar-refractivity contribution in [3.05, 3.63) is 29.8 Å². The Bertz CT molecular complexity index is 448. The lowest BCUT2D eigenvalue weighted by Gasteiger charge is -2.22. The van der Waals surface area contributed by atoms with Crippen LogP contribution in [0, 0.1) is 17.6 Å². The second-order valence-corrected chi connectivity index (χ2v) is 4.54. The molecular formula is C13H16F2N2O2. The summed E-state index contributed by atoms with van der Waals surface area (Å²) in [5.74, 6) is -1.17. The minimum atomic E-state index is -0.821. The smallest absolute Gasteiger partial charge is 0.411 e. The Morgan fingerprint density at radius 1 is 1.37 bits per heavy atom. The van der Waals surface area contributed by atoms with Crippen LogP contribution in [0.25, 0.3) is 0 Å². The van der Waals surface area contributed by atoms with Crippen molar-refractivity contribution in [3.8, 4) is 0 Å². The Balaban J connectivity index is 1.80. The molecule has 1 amide bonds. The maximum atomic E-state index is 13.3. The van der Waals surface area contributed by atoms with Gasteiger partial charge >= 0.3 is 6.09 Å². The highest BCUT2D eigenvalue weighted by Crippen LogP contribution is 2.16. The summed E-state index contributed by atoms with van der Waals surface area (Å²) in [6, 6.07) is 2.95. The number of anilines is 1. The molecule has 1 aliphatic heterocycles. The van der Waals surface area contributed by atoms with E-state index in [1.165, 1.54) is 0 Å². The molecule has 1 aromatic carbocycles. The average molecular weight is 270 g/mol. The summed E-state index contributed by atoms with van der Waals surface area (Å²) < 4.78 is 31.0. The van der Waals surface area contributed by atoms with E-state index in [2.05, 4.69) is 10.6 Å². The zero-order valence-electron chi connectivity index (χ0n) is 10.4. The van der Waals surface area contributed by atoms with E-state index in [1.807, 2.05) is 0 Å². The molecule has 0 unspecified atom stereocenters. The van der Waals surface area contributed by atoms with Crippen molar-refractivity contribution in [3.63, 3.8) is 0 Å². The van der Waals surface area contributed by atoms with E-state index in [0.717, 1.165) is 38.1 Å². The first-order chi connectivity index (χ1) is 9.15. The fraction of sp³-hybridized carbons (Fsp3) is 0.462. The van der Waals surface area contributed by atoms with Crippen molar-refractivity contribution in [1.29, 1.82) is 0 Å². The quantitative estimate of drug-likeness (QED) is 0.887. The number of hydrogen-bond donors (Lipinski definition) is 2. The van der Waals surface area contributed by atoms with Gasteiger partial charge in [-0.1, -0.05) is 0 Å². The molecular weight excluding hydrogens is 254 g/mol. The number of amides is 1. The molecule has 19 heavy (non-hydrogen) atoms. The van der Waals surface area contributed by atoms with Gasteiger partial charge in [-0.2, -0.15) is 0 Å². The van der Waals surface area contributed by atoms with Crippen molar-refractivity contribution in [2.45, 2.75) is 12.8 Å². The molecule has 4 nitrogen and oxygen atoms in total. The van der Waals surface area contributed by atoms with Crippen LogP contribution in [-0.2, 0) is 4.74 Å². The number of carbonyl (C=O) groups is 1. The largest absolute Gasteiger partial charge is 0.449 e. The normalized spacial score (nSPS) is 16.1. The van der Waals surface area contributed by atoms with Crippen molar-refractivity contribution in [1.82, 2.24) is 5.32 Å². The first-order valence-corrected chi connectivity index (χ1v) is 6.24. The van der Waals surface area contributed by atoms with Gasteiger partial charge in [0.25, 0.3) is 0 Å². The Kier molecular flexibility index (Phi) is 4.68. The average Bonchev–Trinajstić information content (AvgIpc) is 2.41. The molecule has 1 aromatic rings. The number of carbonyl (C=O) groups excluding carboxylic acids is 1. The molecule has 1 fully saturated rings. The maximum Gasteiger partial charge on any atom is 0.411 e. The molecule has 1 heterocycles. The van der Waals surface area contributed by atoms with E-state index >= 15 is 0 Å².